The molecule has 0 bridgehead atoms. The Labute approximate surface area is 159 Å². The Kier molecular flexibility index (Phi) is 10.5. The van der Waals surface area contributed by atoms with Gasteiger partial charge in [0.15, 0.2) is 5.96 Å². The van der Waals surface area contributed by atoms with Gasteiger partial charge in [-0.15, -0.1) is 24.0 Å². The molecule has 0 amide bonds. The first-order valence-corrected chi connectivity index (χ1v) is 8.98. The topological polar surface area (TPSA) is 40.1 Å². The number of likely N-dealkylation sites (tertiary alicyclic amines) is 1. The van der Waals surface area contributed by atoms with E-state index in [-0.39, 0.29) is 24.0 Å². The van der Waals surface area contributed by atoms with Crippen molar-refractivity contribution in [1.29, 1.82) is 0 Å². The smallest absolute Gasteiger partial charge is 0.193 e. The lowest BCUT2D eigenvalue weighted by molar-refractivity contribution is 0.181. The van der Waals surface area contributed by atoms with Crippen LogP contribution >= 0.6 is 24.0 Å². The van der Waals surface area contributed by atoms with Crippen molar-refractivity contribution in [3.05, 3.63) is 0 Å². The van der Waals surface area contributed by atoms with Gasteiger partial charge in [-0.05, 0) is 45.2 Å². The molecular weight excluding hydrogens is 403 g/mol. The van der Waals surface area contributed by atoms with Crippen LogP contribution in [0.15, 0.2) is 4.99 Å². The largest absolute Gasteiger partial charge is 0.381 e. The fourth-order valence-electron chi connectivity index (χ4n) is 3.38. The zero-order valence-electron chi connectivity index (χ0n) is 15.1. The first kappa shape index (κ1) is 21.0. The van der Waals surface area contributed by atoms with Gasteiger partial charge in [0, 0.05) is 45.8 Å². The molecular formula is C17H35IN4O. The van der Waals surface area contributed by atoms with Crippen LogP contribution in [-0.4, -0.2) is 75.3 Å². The van der Waals surface area contributed by atoms with Crippen LogP contribution in [0.3, 0.4) is 0 Å². The second kappa shape index (κ2) is 11.5. The predicted octanol–water partition coefficient (Wildman–Crippen LogP) is 2.27. The average molecular weight is 438 g/mol. The first-order chi connectivity index (χ1) is 10.7. The Morgan fingerprint density at radius 2 is 2.13 bits per heavy atom. The predicted molar refractivity (Wildman–Crippen MR) is 108 cm³/mol. The van der Waals surface area contributed by atoms with E-state index in [1.165, 1.54) is 38.9 Å². The summed E-state index contributed by atoms with van der Waals surface area (Å²) in [5.41, 5.74) is 0. The quantitative estimate of drug-likeness (QED) is 0.376. The van der Waals surface area contributed by atoms with Crippen LogP contribution in [0.1, 0.15) is 33.1 Å². The van der Waals surface area contributed by atoms with Crippen LogP contribution in [0.2, 0.25) is 0 Å². The second-order valence-corrected chi connectivity index (χ2v) is 6.92. The Balaban J connectivity index is 0.00000264. The molecule has 136 valence electrons. The average Bonchev–Trinajstić information content (AvgIpc) is 3.17. The highest BCUT2D eigenvalue weighted by molar-refractivity contribution is 14.0. The Hall–Kier alpha value is -0.0800. The molecule has 0 radical (unpaired) electrons. The standard InChI is InChI=1S/C17H34N4O.HI/c1-4-18-17(20(3)13-16-7-10-22-14-16)19-11-15(2)12-21-8-5-6-9-21;/h15-16H,4-14H2,1-3H3,(H,18,19);1H. The molecule has 2 heterocycles. The van der Waals surface area contributed by atoms with Gasteiger partial charge in [0.05, 0.1) is 6.61 Å². The zero-order chi connectivity index (χ0) is 15.8. The number of guanidine groups is 1. The molecule has 0 spiro atoms. The monoisotopic (exact) mass is 438 g/mol. The molecule has 2 rings (SSSR count). The summed E-state index contributed by atoms with van der Waals surface area (Å²) in [6.45, 7) is 12.9. The third-order valence-corrected chi connectivity index (χ3v) is 4.57. The lowest BCUT2D eigenvalue weighted by Crippen LogP contribution is -2.42. The number of nitrogens with zero attached hydrogens (tertiary/aromatic N) is 3. The summed E-state index contributed by atoms with van der Waals surface area (Å²) in [6, 6.07) is 0. The summed E-state index contributed by atoms with van der Waals surface area (Å²) in [6.07, 6.45) is 3.91. The van der Waals surface area contributed by atoms with Gasteiger partial charge in [0.2, 0.25) is 0 Å². The molecule has 6 heteroatoms. The van der Waals surface area contributed by atoms with Crippen molar-refractivity contribution < 1.29 is 4.74 Å². The number of hydrogen-bond acceptors (Lipinski definition) is 3. The van der Waals surface area contributed by atoms with E-state index in [1.54, 1.807) is 0 Å². The van der Waals surface area contributed by atoms with E-state index in [0.29, 0.717) is 11.8 Å². The molecule has 2 atom stereocenters. The van der Waals surface area contributed by atoms with E-state index in [0.717, 1.165) is 38.8 Å². The van der Waals surface area contributed by atoms with E-state index in [9.17, 15) is 0 Å². The minimum Gasteiger partial charge on any atom is -0.381 e. The SMILES string of the molecule is CCNC(=NCC(C)CN1CCCC1)N(C)CC1CCOC1.I. The number of rotatable bonds is 7. The summed E-state index contributed by atoms with van der Waals surface area (Å²) < 4.78 is 5.48. The fraction of sp³-hybridized carbons (Fsp3) is 0.941. The molecule has 0 aromatic carbocycles. The molecule has 2 saturated heterocycles. The highest BCUT2D eigenvalue weighted by atomic mass is 127. The highest BCUT2D eigenvalue weighted by Crippen LogP contribution is 2.14. The van der Waals surface area contributed by atoms with Gasteiger partial charge in [0.25, 0.3) is 0 Å². The molecule has 1 N–H and O–H groups in total. The third-order valence-electron chi connectivity index (χ3n) is 4.57. The van der Waals surface area contributed by atoms with Crippen LogP contribution in [0.5, 0.6) is 0 Å². The van der Waals surface area contributed by atoms with E-state index in [4.69, 9.17) is 9.73 Å². The van der Waals surface area contributed by atoms with Gasteiger partial charge in [-0.1, -0.05) is 6.92 Å². The van der Waals surface area contributed by atoms with Crippen LogP contribution in [0, 0.1) is 11.8 Å². The molecule has 2 fully saturated rings. The number of ether oxygens (including phenoxy) is 1. The number of nitrogens with one attached hydrogen (secondary N) is 1. The Morgan fingerprint density at radius 3 is 2.74 bits per heavy atom. The molecule has 0 aromatic heterocycles. The lowest BCUT2D eigenvalue weighted by atomic mass is 10.1. The fourth-order valence-corrected chi connectivity index (χ4v) is 3.38. The van der Waals surface area contributed by atoms with E-state index in [1.807, 2.05) is 0 Å². The normalized spacial score (nSPS) is 23.6. The zero-order valence-corrected chi connectivity index (χ0v) is 17.4. The molecule has 0 aromatic rings. The summed E-state index contributed by atoms with van der Waals surface area (Å²) >= 11 is 0. The molecule has 2 aliphatic rings. The van der Waals surface area contributed by atoms with E-state index in [2.05, 4.69) is 36.0 Å². The van der Waals surface area contributed by atoms with Gasteiger partial charge in [-0.3, -0.25) is 4.99 Å². The van der Waals surface area contributed by atoms with E-state index < -0.39 is 0 Å². The van der Waals surface area contributed by atoms with Crippen molar-refractivity contribution in [3.63, 3.8) is 0 Å². The van der Waals surface area contributed by atoms with E-state index >= 15 is 0 Å². The van der Waals surface area contributed by atoms with Gasteiger partial charge in [0.1, 0.15) is 0 Å². The van der Waals surface area contributed by atoms with Crippen LogP contribution < -0.4 is 5.32 Å². The van der Waals surface area contributed by atoms with Crippen molar-refractivity contribution in [2.24, 2.45) is 16.8 Å². The summed E-state index contributed by atoms with van der Waals surface area (Å²) in [5, 5.41) is 3.43. The van der Waals surface area contributed by atoms with Gasteiger partial charge in [-0.25, -0.2) is 0 Å². The third kappa shape index (κ3) is 7.56. The number of aliphatic imine (C=N–C) groups is 1. The number of hydrogen-bond donors (Lipinski definition) is 1. The summed E-state index contributed by atoms with van der Waals surface area (Å²) in [5.74, 6) is 2.31. The second-order valence-electron chi connectivity index (χ2n) is 6.92. The minimum absolute atomic E-state index is 0. The van der Waals surface area contributed by atoms with Crippen molar-refractivity contribution >= 4 is 29.9 Å². The maximum Gasteiger partial charge on any atom is 0.193 e. The van der Waals surface area contributed by atoms with Crippen LogP contribution in [-0.2, 0) is 4.74 Å². The maximum absolute atomic E-state index is 5.48. The van der Waals surface area contributed by atoms with Crippen molar-refractivity contribution in [3.8, 4) is 0 Å². The highest BCUT2D eigenvalue weighted by Gasteiger charge is 2.19. The molecule has 23 heavy (non-hydrogen) atoms. The summed E-state index contributed by atoms with van der Waals surface area (Å²) in [7, 11) is 2.14. The lowest BCUT2D eigenvalue weighted by Gasteiger charge is -2.25. The maximum atomic E-state index is 5.48. The van der Waals surface area contributed by atoms with Crippen molar-refractivity contribution in [2.75, 3.05) is 59.5 Å². The minimum atomic E-state index is 0. The van der Waals surface area contributed by atoms with Gasteiger partial charge >= 0.3 is 0 Å². The molecule has 0 aliphatic carbocycles. The van der Waals surface area contributed by atoms with Crippen molar-refractivity contribution in [2.45, 2.75) is 33.1 Å². The van der Waals surface area contributed by atoms with Crippen LogP contribution in [0.4, 0.5) is 0 Å². The van der Waals surface area contributed by atoms with Crippen molar-refractivity contribution in [1.82, 2.24) is 15.1 Å². The number of halogens is 1. The van der Waals surface area contributed by atoms with Gasteiger partial charge in [-0.2, -0.15) is 0 Å². The molecule has 2 unspecified atom stereocenters. The Bertz CT molecular complexity index is 341. The molecule has 5 nitrogen and oxygen atoms in total. The van der Waals surface area contributed by atoms with Gasteiger partial charge < -0.3 is 19.9 Å². The van der Waals surface area contributed by atoms with Crippen LogP contribution in [0.25, 0.3) is 0 Å². The molecule has 2 aliphatic heterocycles. The first-order valence-electron chi connectivity index (χ1n) is 8.98. The molecule has 0 saturated carbocycles. The summed E-state index contributed by atoms with van der Waals surface area (Å²) in [4.78, 5) is 9.71. The Morgan fingerprint density at radius 1 is 1.39 bits per heavy atom.